The molecule has 0 aliphatic carbocycles. The van der Waals surface area contributed by atoms with Gasteiger partial charge in [-0.05, 0) is 55.4 Å². The third kappa shape index (κ3) is 4.34. The summed E-state index contributed by atoms with van der Waals surface area (Å²) in [6, 6.07) is 6.03. The Morgan fingerprint density at radius 1 is 1.21 bits per heavy atom. The Bertz CT molecular complexity index is 998. The lowest BCUT2D eigenvalue weighted by Gasteiger charge is -2.15. The number of nitrogens with zero attached hydrogens (tertiary/aromatic N) is 5. The Kier molecular flexibility index (Phi) is 5.38. The quantitative estimate of drug-likeness (QED) is 0.721. The van der Waals surface area contributed by atoms with Gasteiger partial charge in [0, 0.05) is 48.1 Å². The van der Waals surface area contributed by atoms with Gasteiger partial charge in [0.15, 0.2) is 0 Å². The van der Waals surface area contributed by atoms with Gasteiger partial charge in [-0.1, -0.05) is 13.8 Å². The van der Waals surface area contributed by atoms with Crippen LogP contribution in [0.4, 0.5) is 0 Å². The van der Waals surface area contributed by atoms with Crippen LogP contribution in [0.1, 0.15) is 53.8 Å². The molecule has 29 heavy (non-hydrogen) atoms. The summed E-state index contributed by atoms with van der Waals surface area (Å²) in [6.45, 7) is 7.67. The maximum atomic E-state index is 12.8. The van der Waals surface area contributed by atoms with E-state index in [0.717, 1.165) is 54.1 Å². The predicted octanol–water partition coefficient (Wildman–Crippen LogP) is 3.40. The summed E-state index contributed by atoms with van der Waals surface area (Å²) in [5.74, 6) is 0.735. The van der Waals surface area contributed by atoms with Crippen molar-refractivity contribution in [2.75, 3.05) is 13.1 Å². The average molecular weight is 390 g/mol. The van der Waals surface area contributed by atoms with Crippen LogP contribution in [-0.2, 0) is 6.42 Å². The Morgan fingerprint density at radius 2 is 2.00 bits per heavy atom. The molecule has 0 bridgehead atoms. The minimum absolute atomic E-state index is 0.00924. The minimum atomic E-state index is 0.00924. The van der Waals surface area contributed by atoms with Gasteiger partial charge < -0.3 is 4.90 Å². The van der Waals surface area contributed by atoms with Gasteiger partial charge in [-0.15, -0.1) is 0 Å². The molecular weight excluding hydrogens is 364 g/mol. The number of nitrogens with one attached hydrogen (secondary N) is 1. The summed E-state index contributed by atoms with van der Waals surface area (Å²) in [7, 11) is 0. The fourth-order valence-electron chi connectivity index (χ4n) is 3.84. The maximum Gasteiger partial charge on any atom is 0.274 e. The van der Waals surface area contributed by atoms with Crippen LogP contribution in [-0.4, -0.2) is 49.0 Å². The molecule has 1 amide bonds. The first-order valence-corrected chi connectivity index (χ1v) is 10.1. The molecule has 1 aliphatic rings. The zero-order valence-electron chi connectivity index (χ0n) is 17.1. The molecule has 0 saturated carbocycles. The first-order chi connectivity index (χ1) is 14.0. The third-order valence-corrected chi connectivity index (χ3v) is 5.41. The van der Waals surface area contributed by atoms with E-state index in [1.54, 1.807) is 0 Å². The first-order valence-electron chi connectivity index (χ1n) is 10.1. The molecule has 0 spiro atoms. The highest BCUT2D eigenvalue weighted by Crippen LogP contribution is 2.25. The number of hydrogen-bond acceptors (Lipinski definition) is 5. The van der Waals surface area contributed by atoms with Gasteiger partial charge in [0.1, 0.15) is 12.0 Å². The second-order valence-electron chi connectivity index (χ2n) is 8.09. The number of rotatable bonds is 5. The zero-order chi connectivity index (χ0) is 20.4. The van der Waals surface area contributed by atoms with Crippen molar-refractivity contribution in [1.82, 2.24) is 30.0 Å². The monoisotopic (exact) mass is 390 g/mol. The first kappa shape index (κ1) is 19.2. The number of carbonyl (C=O) groups is 1. The molecule has 1 N–H and O–H groups in total. The standard InChI is InChI=1S/C22H26N6O/c1-14(2)20-9-21(27-26-20)22(29)28-5-4-16(12-28)7-19-8-17(6-15(3)25-19)18-10-23-13-24-11-18/h6,8-11,13-14,16H,4-5,7,12H2,1-3H3,(H,26,27). The molecule has 1 saturated heterocycles. The van der Waals surface area contributed by atoms with Crippen molar-refractivity contribution in [2.24, 2.45) is 5.92 Å². The maximum absolute atomic E-state index is 12.8. The lowest BCUT2D eigenvalue weighted by molar-refractivity contribution is 0.0781. The summed E-state index contributed by atoms with van der Waals surface area (Å²) in [4.78, 5) is 27.6. The number of aromatic nitrogens is 5. The van der Waals surface area contributed by atoms with Gasteiger partial charge in [-0.3, -0.25) is 14.9 Å². The number of aromatic amines is 1. The van der Waals surface area contributed by atoms with Gasteiger partial charge in [-0.2, -0.15) is 5.10 Å². The third-order valence-electron chi connectivity index (χ3n) is 5.41. The van der Waals surface area contributed by atoms with Crippen molar-refractivity contribution in [3.05, 3.63) is 59.7 Å². The van der Waals surface area contributed by atoms with E-state index >= 15 is 0 Å². The normalized spacial score (nSPS) is 16.6. The summed E-state index contributed by atoms with van der Waals surface area (Å²) >= 11 is 0. The summed E-state index contributed by atoms with van der Waals surface area (Å²) < 4.78 is 0. The van der Waals surface area contributed by atoms with Crippen LogP contribution in [0.15, 0.2) is 36.9 Å². The molecular formula is C22H26N6O. The fraction of sp³-hybridized carbons (Fsp3) is 0.409. The largest absolute Gasteiger partial charge is 0.337 e. The van der Waals surface area contributed by atoms with Crippen LogP contribution in [0.3, 0.4) is 0 Å². The van der Waals surface area contributed by atoms with E-state index in [4.69, 9.17) is 4.98 Å². The molecule has 3 aromatic rings. The molecule has 0 aromatic carbocycles. The molecule has 4 rings (SSSR count). The Hall–Kier alpha value is -3.09. The van der Waals surface area contributed by atoms with E-state index < -0.39 is 0 Å². The van der Waals surface area contributed by atoms with E-state index in [0.29, 0.717) is 17.5 Å². The van der Waals surface area contributed by atoms with Crippen LogP contribution < -0.4 is 0 Å². The van der Waals surface area contributed by atoms with Gasteiger partial charge in [0.2, 0.25) is 0 Å². The Labute approximate surface area is 170 Å². The number of H-pyrrole nitrogens is 1. The van der Waals surface area contributed by atoms with Gasteiger partial charge in [-0.25, -0.2) is 9.97 Å². The minimum Gasteiger partial charge on any atom is -0.337 e. The van der Waals surface area contributed by atoms with Crippen LogP contribution in [0, 0.1) is 12.8 Å². The number of carbonyl (C=O) groups excluding carboxylic acids is 1. The molecule has 0 radical (unpaired) electrons. The topological polar surface area (TPSA) is 87.7 Å². The molecule has 150 valence electrons. The van der Waals surface area contributed by atoms with Crippen molar-refractivity contribution in [1.29, 1.82) is 0 Å². The average Bonchev–Trinajstić information content (AvgIpc) is 3.38. The molecule has 7 heteroatoms. The van der Waals surface area contributed by atoms with E-state index in [1.807, 2.05) is 30.3 Å². The number of likely N-dealkylation sites (tertiary alicyclic amines) is 1. The number of aryl methyl sites for hydroxylation is 1. The lowest BCUT2D eigenvalue weighted by Crippen LogP contribution is -2.29. The van der Waals surface area contributed by atoms with Crippen LogP contribution in [0.5, 0.6) is 0 Å². The Balaban J connectivity index is 1.43. The molecule has 1 unspecified atom stereocenters. The second-order valence-corrected chi connectivity index (χ2v) is 8.09. The van der Waals surface area contributed by atoms with Crippen LogP contribution in [0.2, 0.25) is 0 Å². The van der Waals surface area contributed by atoms with Crippen molar-refractivity contribution in [3.8, 4) is 11.1 Å². The lowest BCUT2D eigenvalue weighted by atomic mass is 9.99. The predicted molar refractivity (Wildman–Crippen MR) is 110 cm³/mol. The molecule has 7 nitrogen and oxygen atoms in total. The number of hydrogen-bond donors (Lipinski definition) is 1. The second kappa shape index (κ2) is 8.11. The van der Waals surface area contributed by atoms with Gasteiger partial charge in [0.05, 0.1) is 0 Å². The van der Waals surface area contributed by atoms with E-state index in [2.05, 4.69) is 46.1 Å². The molecule has 4 heterocycles. The fourth-order valence-corrected chi connectivity index (χ4v) is 3.84. The molecule has 1 aliphatic heterocycles. The van der Waals surface area contributed by atoms with E-state index in [9.17, 15) is 4.79 Å². The van der Waals surface area contributed by atoms with Gasteiger partial charge >= 0.3 is 0 Å². The van der Waals surface area contributed by atoms with E-state index in [-0.39, 0.29) is 5.91 Å². The van der Waals surface area contributed by atoms with Crippen molar-refractivity contribution < 1.29 is 4.79 Å². The van der Waals surface area contributed by atoms with Crippen LogP contribution >= 0.6 is 0 Å². The highest BCUT2D eigenvalue weighted by atomic mass is 16.2. The number of pyridine rings is 1. The SMILES string of the molecule is Cc1cc(-c2cncnc2)cc(CC2CCN(C(=O)c3cc(C(C)C)[nH]n3)C2)n1. The molecule has 3 aromatic heterocycles. The highest BCUT2D eigenvalue weighted by Gasteiger charge is 2.29. The summed E-state index contributed by atoms with van der Waals surface area (Å²) in [5, 5.41) is 7.18. The van der Waals surface area contributed by atoms with Gasteiger partial charge in [0.25, 0.3) is 5.91 Å². The van der Waals surface area contributed by atoms with Crippen molar-refractivity contribution >= 4 is 5.91 Å². The Morgan fingerprint density at radius 3 is 2.72 bits per heavy atom. The summed E-state index contributed by atoms with van der Waals surface area (Å²) in [5.41, 5.74) is 5.59. The highest BCUT2D eigenvalue weighted by molar-refractivity contribution is 5.92. The molecule has 1 fully saturated rings. The van der Waals surface area contributed by atoms with Crippen LogP contribution in [0.25, 0.3) is 11.1 Å². The van der Waals surface area contributed by atoms with Crippen molar-refractivity contribution in [3.63, 3.8) is 0 Å². The summed E-state index contributed by atoms with van der Waals surface area (Å²) in [6.07, 6.45) is 7.00. The van der Waals surface area contributed by atoms with Crippen molar-refractivity contribution in [2.45, 2.75) is 39.5 Å². The zero-order valence-corrected chi connectivity index (χ0v) is 17.1. The molecule has 1 atom stereocenters. The van der Waals surface area contributed by atoms with E-state index in [1.165, 1.54) is 6.33 Å². The number of amides is 1. The smallest absolute Gasteiger partial charge is 0.274 e.